The first-order chi connectivity index (χ1) is 12.6. The van der Waals surface area contributed by atoms with Crippen molar-refractivity contribution in [3.05, 3.63) is 41.7 Å². The molecule has 1 aliphatic heterocycles. The molecule has 0 N–H and O–H groups in total. The zero-order valence-electron chi connectivity index (χ0n) is 16.1. The van der Waals surface area contributed by atoms with E-state index in [1.165, 1.54) is 12.0 Å². The highest BCUT2D eigenvalue weighted by molar-refractivity contribution is 5.43. The van der Waals surface area contributed by atoms with Gasteiger partial charge in [-0.15, -0.1) is 0 Å². The molecule has 6 heteroatoms. The molecule has 1 aromatic heterocycles. The van der Waals surface area contributed by atoms with Gasteiger partial charge in [-0.3, -0.25) is 4.90 Å². The number of aromatic nitrogens is 2. The minimum absolute atomic E-state index is 0.422. The van der Waals surface area contributed by atoms with E-state index in [1.807, 2.05) is 25.3 Å². The molecule has 140 valence electrons. The average molecular weight is 356 g/mol. The molecule has 1 atom stereocenters. The monoisotopic (exact) mass is 356 g/mol. The maximum atomic E-state index is 5.43. The third-order valence-electron chi connectivity index (χ3n) is 4.98. The van der Waals surface area contributed by atoms with Gasteiger partial charge in [0.2, 0.25) is 5.95 Å². The molecule has 0 aliphatic carbocycles. The summed E-state index contributed by atoms with van der Waals surface area (Å²) in [7, 11) is 5.44. The van der Waals surface area contributed by atoms with Crippen molar-refractivity contribution < 1.29 is 9.47 Å². The van der Waals surface area contributed by atoms with Crippen LogP contribution in [0.15, 0.2) is 30.5 Å². The molecule has 6 nitrogen and oxygen atoms in total. The number of hydrogen-bond acceptors (Lipinski definition) is 6. The zero-order valence-corrected chi connectivity index (χ0v) is 16.1. The number of rotatable bonds is 6. The number of anilines is 1. The van der Waals surface area contributed by atoms with E-state index >= 15 is 0 Å². The maximum Gasteiger partial charge on any atom is 0.225 e. The van der Waals surface area contributed by atoms with Gasteiger partial charge in [-0.1, -0.05) is 6.07 Å². The number of nitrogens with zero attached hydrogens (tertiary/aromatic N) is 4. The fraction of sp³-hybridized carbons (Fsp3) is 0.500. The fourth-order valence-corrected chi connectivity index (χ4v) is 3.50. The fourth-order valence-electron chi connectivity index (χ4n) is 3.50. The number of benzene rings is 1. The van der Waals surface area contributed by atoms with Crippen molar-refractivity contribution in [2.45, 2.75) is 32.4 Å². The van der Waals surface area contributed by atoms with E-state index in [9.17, 15) is 0 Å². The highest BCUT2D eigenvalue weighted by atomic mass is 16.5. The van der Waals surface area contributed by atoms with E-state index in [0.717, 1.165) is 49.2 Å². The van der Waals surface area contributed by atoms with Crippen LogP contribution in [0, 0.1) is 6.92 Å². The third-order valence-corrected chi connectivity index (χ3v) is 4.98. The molecule has 1 fully saturated rings. The lowest BCUT2D eigenvalue weighted by Gasteiger charge is -2.37. The van der Waals surface area contributed by atoms with Gasteiger partial charge in [0.1, 0.15) is 0 Å². The molecule has 2 aromatic rings. The first-order valence-electron chi connectivity index (χ1n) is 9.06. The van der Waals surface area contributed by atoms with Crippen molar-refractivity contribution in [1.82, 2.24) is 14.9 Å². The van der Waals surface area contributed by atoms with Gasteiger partial charge in [0, 0.05) is 38.1 Å². The number of likely N-dealkylation sites (tertiary alicyclic amines) is 1. The molecular weight excluding hydrogens is 328 g/mol. The van der Waals surface area contributed by atoms with Crippen LogP contribution in [0.1, 0.15) is 24.1 Å². The largest absolute Gasteiger partial charge is 0.493 e. The van der Waals surface area contributed by atoms with E-state index in [4.69, 9.17) is 9.47 Å². The summed E-state index contributed by atoms with van der Waals surface area (Å²) in [6.07, 6.45) is 4.17. The van der Waals surface area contributed by atoms with Crippen molar-refractivity contribution in [2.75, 3.05) is 39.3 Å². The summed E-state index contributed by atoms with van der Waals surface area (Å²) in [5.74, 6) is 2.36. The molecule has 26 heavy (non-hydrogen) atoms. The second-order valence-corrected chi connectivity index (χ2v) is 6.83. The van der Waals surface area contributed by atoms with E-state index in [0.29, 0.717) is 6.04 Å². The van der Waals surface area contributed by atoms with Crippen molar-refractivity contribution in [3.63, 3.8) is 0 Å². The van der Waals surface area contributed by atoms with Crippen LogP contribution in [0.2, 0.25) is 0 Å². The molecule has 1 unspecified atom stereocenters. The number of piperidine rings is 1. The summed E-state index contributed by atoms with van der Waals surface area (Å²) in [6, 6.07) is 8.50. The van der Waals surface area contributed by atoms with Gasteiger partial charge in [-0.05, 0) is 50.1 Å². The van der Waals surface area contributed by atoms with Gasteiger partial charge in [0.05, 0.1) is 14.2 Å². The first kappa shape index (κ1) is 18.5. The molecule has 1 aliphatic rings. The van der Waals surface area contributed by atoms with E-state index in [1.54, 1.807) is 14.2 Å². The lowest BCUT2D eigenvalue weighted by molar-refractivity contribution is 0.198. The number of ether oxygens (including phenoxy) is 2. The van der Waals surface area contributed by atoms with Crippen LogP contribution < -0.4 is 14.4 Å². The molecule has 1 aromatic carbocycles. The summed E-state index contributed by atoms with van der Waals surface area (Å²) in [5, 5.41) is 0. The Hall–Kier alpha value is -2.34. The molecule has 3 rings (SSSR count). The molecule has 1 saturated heterocycles. The zero-order chi connectivity index (χ0) is 18.5. The predicted octanol–water partition coefficient (Wildman–Crippen LogP) is 2.90. The van der Waals surface area contributed by atoms with Crippen molar-refractivity contribution in [2.24, 2.45) is 0 Å². The Labute approximate surface area is 155 Å². The Morgan fingerprint density at radius 2 is 2.00 bits per heavy atom. The minimum atomic E-state index is 0.422. The summed E-state index contributed by atoms with van der Waals surface area (Å²) >= 11 is 0. The summed E-state index contributed by atoms with van der Waals surface area (Å²) in [4.78, 5) is 13.7. The predicted molar refractivity (Wildman–Crippen MR) is 103 cm³/mol. The van der Waals surface area contributed by atoms with E-state index < -0.39 is 0 Å². The van der Waals surface area contributed by atoms with Crippen LogP contribution in [-0.4, -0.2) is 55.3 Å². The summed E-state index contributed by atoms with van der Waals surface area (Å²) in [5.41, 5.74) is 2.23. The number of hydrogen-bond donors (Lipinski definition) is 0. The Bertz CT molecular complexity index is 738. The van der Waals surface area contributed by atoms with Gasteiger partial charge in [0.25, 0.3) is 0 Å². The first-order valence-corrected chi connectivity index (χ1v) is 9.06. The van der Waals surface area contributed by atoms with Crippen LogP contribution in [0.25, 0.3) is 0 Å². The lowest BCUT2D eigenvalue weighted by atomic mass is 10.0. The van der Waals surface area contributed by atoms with Gasteiger partial charge in [-0.25, -0.2) is 9.97 Å². The molecule has 0 radical (unpaired) electrons. The summed E-state index contributed by atoms with van der Waals surface area (Å²) in [6.45, 7) is 5.01. The van der Waals surface area contributed by atoms with E-state index in [2.05, 4.69) is 38.9 Å². The summed E-state index contributed by atoms with van der Waals surface area (Å²) < 4.78 is 10.8. The number of likely N-dealkylation sites (N-methyl/N-ethyl adjacent to an activating group) is 1. The third kappa shape index (κ3) is 4.25. The van der Waals surface area contributed by atoms with Crippen LogP contribution in [-0.2, 0) is 6.54 Å². The van der Waals surface area contributed by atoms with Crippen LogP contribution >= 0.6 is 0 Å². The van der Waals surface area contributed by atoms with Crippen molar-refractivity contribution in [3.8, 4) is 11.5 Å². The van der Waals surface area contributed by atoms with Crippen molar-refractivity contribution >= 4 is 5.95 Å². The van der Waals surface area contributed by atoms with Gasteiger partial charge >= 0.3 is 0 Å². The average Bonchev–Trinajstić information content (AvgIpc) is 2.67. The Kier molecular flexibility index (Phi) is 5.93. The second kappa shape index (κ2) is 8.36. The Morgan fingerprint density at radius 3 is 2.73 bits per heavy atom. The van der Waals surface area contributed by atoms with Crippen molar-refractivity contribution in [1.29, 1.82) is 0 Å². The van der Waals surface area contributed by atoms with Gasteiger partial charge in [0.15, 0.2) is 11.5 Å². The van der Waals surface area contributed by atoms with Gasteiger partial charge < -0.3 is 14.4 Å². The highest BCUT2D eigenvalue weighted by Crippen LogP contribution is 2.28. The molecular formula is C20H28N4O2. The molecule has 0 saturated carbocycles. The standard InChI is InChI=1S/C20H28N4O2/c1-15-9-10-21-20(22-15)23(2)17-6-5-11-24(14-17)13-16-7-8-18(25-3)19(12-16)26-4/h7-10,12,17H,5-6,11,13-14H2,1-4H3. The lowest BCUT2D eigenvalue weighted by Crippen LogP contribution is -2.46. The highest BCUT2D eigenvalue weighted by Gasteiger charge is 2.25. The van der Waals surface area contributed by atoms with Crippen LogP contribution in [0.4, 0.5) is 5.95 Å². The van der Waals surface area contributed by atoms with E-state index in [-0.39, 0.29) is 0 Å². The van der Waals surface area contributed by atoms with Crippen LogP contribution in [0.5, 0.6) is 11.5 Å². The van der Waals surface area contributed by atoms with Crippen LogP contribution in [0.3, 0.4) is 0 Å². The molecule has 0 amide bonds. The second-order valence-electron chi connectivity index (χ2n) is 6.83. The Morgan fingerprint density at radius 1 is 1.19 bits per heavy atom. The quantitative estimate of drug-likeness (QED) is 0.793. The van der Waals surface area contributed by atoms with Gasteiger partial charge in [-0.2, -0.15) is 0 Å². The number of aryl methyl sites for hydroxylation is 1. The molecule has 0 spiro atoms. The maximum absolute atomic E-state index is 5.43. The number of methoxy groups -OCH3 is 2. The minimum Gasteiger partial charge on any atom is -0.493 e. The normalized spacial score (nSPS) is 17.8. The molecule has 0 bridgehead atoms. The SMILES string of the molecule is COc1ccc(CN2CCCC(N(C)c3nccc(C)n3)C2)cc1OC. The smallest absolute Gasteiger partial charge is 0.225 e. The molecule has 2 heterocycles. The topological polar surface area (TPSA) is 50.7 Å². The Balaban J connectivity index is 1.67.